The third kappa shape index (κ3) is 3.90. The Balaban J connectivity index is 2.24. The van der Waals surface area contributed by atoms with E-state index < -0.39 is 0 Å². The second-order valence-electron chi connectivity index (χ2n) is 4.24. The molecule has 0 aliphatic carbocycles. The van der Waals surface area contributed by atoms with Gasteiger partial charge in [-0.15, -0.1) is 0 Å². The van der Waals surface area contributed by atoms with E-state index in [0.717, 1.165) is 13.0 Å². The van der Waals surface area contributed by atoms with Gasteiger partial charge in [-0.3, -0.25) is 0 Å². The maximum atomic E-state index is 13.2. The van der Waals surface area contributed by atoms with Gasteiger partial charge in [0.2, 0.25) is 5.88 Å². The Morgan fingerprint density at radius 2 is 2.10 bits per heavy atom. The van der Waals surface area contributed by atoms with E-state index in [1.54, 1.807) is 19.1 Å². The lowest BCUT2D eigenvalue weighted by Crippen LogP contribution is -2.04. The fraction of sp³-hybridized carbons (Fsp3) is 0.286. The lowest BCUT2D eigenvalue weighted by Gasteiger charge is -2.10. The monoisotopic (exact) mass is 339 g/mol. The van der Waals surface area contributed by atoms with Gasteiger partial charge in [-0.1, -0.05) is 6.92 Å². The zero-order chi connectivity index (χ0) is 14.5. The summed E-state index contributed by atoms with van der Waals surface area (Å²) in [5.74, 6) is 1.68. The van der Waals surface area contributed by atoms with E-state index in [0.29, 0.717) is 27.7 Å². The summed E-state index contributed by atoms with van der Waals surface area (Å²) in [6.45, 7) is 4.67. The van der Waals surface area contributed by atoms with Crippen LogP contribution in [0.5, 0.6) is 11.6 Å². The van der Waals surface area contributed by atoms with Gasteiger partial charge in [0.25, 0.3) is 0 Å². The second-order valence-corrected chi connectivity index (χ2v) is 5.10. The Morgan fingerprint density at radius 3 is 2.85 bits per heavy atom. The van der Waals surface area contributed by atoms with Gasteiger partial charge < -0.3 is 10.1 Å². The van der Waals surface area contributed by atoms with Crippen LogP contribution in [0.3, 0.4) is 0 Å². The number of hydrogen-bond donors (Lipinski definition) is 1. The van der Waals surface area contributed by atoms with Crippen LogP contribution in [-0.4, -0.2) is 16.5 Å². The predicted octanol–water partition coefficient (Wildman–Crippen LogP) is 4.30. The quantitative estimate of drug-likeness (QED) is 0.882. The minimum Gasteiger partial charge on any atom is -0.438 e. The molecular weight excluding hydrogens is 325 g/mol. The van der Waals surface area contributed by atoms with E-state index in [1.807, 2.05) is 0 Å². The fourth-order valence-electron chi connectivity index (χ4n) is 1.60. The molecular formula is C14H15BrFN3O. The van der Waals surface area contributed by atoms with Gasteiger partial charge >= 0.3 is 0 Å². The number of ether oxygens (including phenoxy) is 1. The van der Waals surface area contributed by atoms with Gasteiger partial charge in [-0.05, 0) is 41.4 Å². The van der Waals surface area contributed by atoms with Crippen LogP contribution in [0.2, 0.25) is 0 Å². The Labute approximate surface area is 125 Å². The Hall–Kier alpha value is -1.69. The van der Waals surface area contributed by atoms with Crippen molar-refractivity contribution in [3.05, 3.63) is 40.4 Å². The van der Waals surface area contributed by atoms with E-state index in [1.165, 1.54) is 12.1 Å². The highest BCUT2D eigenvalue weighted by Crippen LogP contribution is 2.30. The number of nitrogens with zero attached hydrogens (tertiary/aromatic N) is 2. The third-order valence-corrected chi connectivity index (χ3v) is 3.13. The van der Waals surface area contributed by atoms with Crippen LogP contribution in [0.15, 0.2) is 28.7 Å². The number of rotatable bonds is 5. The van der Waals surface area contributed by atoms with Crippen LogP contribution < -0.4 is 10.1 Å². The highest BCUT2D eigenvalue weighted by Gasteiger charge is 2.08. The molecule has 106 valence electrons. The van der Waals surface area contributed by atoms with Crippen LogP contribution in [0, 0.1) is 12.7 Å². The van der Waals surface area contributed by atoms with E-state index in [9.17, 15) is 4.39 Å². The van der Waals surface area contributed by atoms with Gasteiger partial charge in [0.05, 0.1) is 4.47 Å². The molecule has 1 heterocycles. The Bertz CT molecular complexity index is 607. The minimum absolute atomic E-state index is 0.363. The van der Waals surface area contributed by atoms with Crippen molar-refractivity contribution in [1.82, 2.24) is 9.97 Å². The molecule has 6 heteroatoms. The molecule has 0 aliphatic rings. The summed E-state index contributed by atoms with van der Waals surface area (Å²) in [5.41, 5.74) is 0. The maximum Gasteiger partial charge on any atom is 0.224 e. The fourth-order valence-corrected chi connectivity index (χ4v) is 1.93. The van der Waals surface area contributed by atoms with Crippen LogP contribution in [0.1, 0.15) is 19.2 Å². The molecule has 1 aromatic heterocycles. The summed E-state index contributed by atoms with van der Waals surface area (Å²) in [6, 6.07) is 5.95. The number of hydrogen-bond acceptors (Lipinski definition) is 4. The summed E-state index contributed by atoms with van der Waals surface area (Å²) >= 11 is 3.32. The molecule has 2 aromatic rings. The maximum absolute atomic E-state index is 13.2. The van der Waals surface area contributed by atoms with E-state index in [2.05, 4.69) is 38.1 Å². The standard InChI is InChI=1S/C14H15BrFN3O/c1-3-6-17-13-8-14(19-9(2)18-13)20-12-7-10(16)4-5-11(12)15/h4-5,7-8H,3,6H2,1-2H3,(H,17,18,19). The molecule has 1 aromatic carbocycles. The smallest absolute Gasteiger partial charge is 0.224 e. The number of anilines is 1. The lowest BCUT2D eigenvalue weighted by atomic mass is 10.3. The molecule has 0 saturated carbocycles. The zero-order valence-corrected chi connectivity index (χ0v) is 12.9. The van der Waals surface area contributed by atoms with Crippen molar-refractivity contribution in [3.63, 3.8) is 0 Å². The van der Waals surface area contributed by atoms with Crippen molar-refractivity contribution in [3.8, 4) is 11.6 Å². The first-order valence-electron chi connectivity index (χ1n) is 6.31. The highest BCUT2D eigenvalue weighted by molar-refractivity contribution is 9.10. The SMILES string of the molecule is CCCNc1cc(Oc2cc(F)ccc2Br)nc(C)n1. The lowest BCUT2D eigenvalue weighted by molar-refractivity contribution is 0.452. The topological polar surface area (TPSA) is 47.0 Å². The summed E-state index contributed by atoms with van der Waals surface area (Å²) in [4.78, 5) is 8.46. The first-order chi connectivity index (χ1) is 9.58. The number of aryl methyl sites for hydroxylation is 1. The van der Waals surface area contributed by atoms with Crippen molar-refractivity contribution in [2.75, 3.05) is 11.9 Å². The number of nitrogens with one attached hydrogen (secondary N) is 1. The number of aromatic nitrogens is 2. The van der Waals surface area contributed by atoms with Crippen molar-refractivity contribution >= 4 is 21.7 Å². The molecule has 2 rings (SSSR count). The molecule has 0 saturated heterocycles. The molecule has 20 heavy (non-hydrogen) atoms. The van der Waals surface area contributed by atoms with Crippen LogP contribution in [0.25, 0.3) is 0 Å². The Morgan fingerprint density at radius 1 is 1.30 bits per heavy atom. The molecule has 0 spiro atoms. The number of halogens is 2. The second kappa shape index (κ2) is 6.65. The molecule has 0 amide bonds. The first-order valence-corrected chi connectivity index (χ1v) is 7.10. The van der Waals surface area contributed by atoms with Crippen molar-refractivity contribution < 1.29 is 9.13 Å². The first kappa shape index (κ1) is 14.7. The van der Waals surface area contributed by atoms with Crippen LogP contribution >= 0.6 is 15.9 Å². The summed E-state index contributed by atoms with van der Waals surface area (Å²) in [6.07, 6.45) is 0.995. The summed E-state index contributed by atoms with van der Waals surface area (Å²) in [7, 11) is 0. The zero-order valence-electron chi connectivity index (χ0n) is 11.3. The van der Waals surface area contributed by atoms with E-state index >= 15 is 0 Å². The highest BCUT2D eigenvalue weighted by atomic mass is 79.9. The number of benzene rings is 1. The summed E-state index contributed by atoms with van der Waals surface area (Å²) < 4.78 is 19.5. The predicted molar refractivity (Wildman–Crippen MR) is 79.7 cm³/mol. The largest absolute Gasteiger partial charge is 0.438 e. The third-order valence-electron chi connectivity index (χ3n) is 2.48. The van der Waals surface area contributed by atoms with Crippen LogP contribution in [-0.2, 0) is 0 Å². The molecule has 0 unspecified atom stereocenters. The van der Waals surface area contributed by atoms with Crippen molar-refractivity contribution in [1.29, 1.82) is 0 Å². The van der Waals surface area contributed by atoms with E-state index in [-0.39, 0.29) is 5.82 Å². The molecule has 0 atom stereocenters. The van der Waals surface area contributed by atoms with Gasteiger partial charge in [0.15, 0.2) is 0 Å². The molecule has 4 nitrogen and oxygen atoms in total. The molecule has 0 aliphatic heterocycles. The minimum atomic E-state index is -0.363. The van der Waals surface area contributed by atoms with Gasteiger partial charge in [-0.2, -0.15) is 4.98 Å². The summed E-state index contributed by atoms with van der Waals surface area (Å²) in [5, 5.41) is 3.17. The van der Waals surface area contributed by atoms with Crippen molar-refractivity contribution in [2.45, 2.75) is 20.3 Å². The molecule has 1 N–H and O–H groups in total. The van der Waals surface area contributed by atoms with Gasteiger partial charge in [0.1, 0.15) is 23.2 Å². The van der Waals surface area contributed by atoms with Crippen LogP contribution in [0.4, 0.5) is 10.2 Å². The normalized spacial score (nSPS) is 10.4. The van der Waals surface area contributed by atoms with Gasteiger partial charge in [-0.25, -0.2) is 9.37 Å². The van der Waals surface area contributed by atoms with E-state index in [4.69, 9.17) is 4.74 Å². The van der Waals surface area contributed by atoms with Crippen molar-refractivity contribution in [2.24, 2.45) is 0 Å². The molecule has 0 radical (unpaired) electrons. The van der Waals surface area contributed by atoms with Gasteiger partial charge in [0, 0.05) is 18.7 Å². The Kier molecular flexibility index (Phi) is 4.89. The average molecular weight is 340 g/mol. The average Bonchev–Trinajstić information content (AvgIpc) is 2.40. The molecule has 0 fully saturated rings. The molecule has 0 bridgehead atoms.